The largest absolute Gasteiger partial charge is 0.496 e. The second-order valence-corrected chi connectivity index (χ2v) is 6.66. The standard InChI is InChI=1S/C24H20N2O4/c1-29-22-14-17-8-3-2-7-16(17)13-20(22)24(28)26-21-11-5-4-10-19(21)23(27)25-15-18-9-6-12-30-18/h2-14H,15H2,1H3,(H,25,27)(H,26,28). The fraction of sp³-hybridized carbons (Fsp3) is 0.0833. The molecule has 0 spiro atoms. The molecule has 4 rings (SSSR count). The summed E-state index contributed by atoms with van der Waals surface area (Å²) in [6, 6.07) is 21.7. The first kappa shape index (κ1) is 19.3. The number of rotatable bonds is 6. The third-order valence-corrected chi connectivity index (χ3v) is 4.74. The molecule has 1 aromatic heterocycles. The zero-order valence-corrected chi connectivity index (χ0v) is 16.3. The molecule has 6 nitrogen and oxygen atoms in total. The van der Waals surface area contributed by atoms with E-state index < -0.39 is 0 Å². The Balaban J connectivity index is 1.58. The Morgan fingerprint density at radius 1 is 0.867 bits per heavy atom. The summed E-state index contributed by atoms with van der Waals surface area (Å²) in [4.78, 5) is 25.7. The minimum Gasteiger partial charge on any atom is -0.496 e. The maximum Gasteiger partial charge on any atom is 0.259 e. The van der Waals surface area contributed by atoms with Crippen LogP contribution in [0.4, 0.5) is 5.69 Å². The Labute approximate surface area is 173 Å². The van der Waals surface area contributed by atoms with E-state index in [0.29, 0.717) is 28.3 Å². The number of carbonyl (C=O) groups is 2. The number of methoxy groups -OCH3 is 1. The van der Waals surface area contributed by atoms with Gasteiger partial charge >= 0.3 is 0 Å². The monoisotopic (exact) mass is 400 g/mol. The average Bonchev–Trinajstić information content (AvgIpc) is 3.30. The second-order valence-electron chi connectivity index (χ2n) is 6.66. The maximum atomic E-state index is 13.0. The van der Waals surface area contributed by atoms with Gasteiger partial charge in [0.05, 0.1) is 36.7 Å². The molecule has 150 valence electrons. The molecule has 0 saturated heterocycles. The molecule has 0 aliphatic rings. The van der Waals surface area contributed by atoms with Crippen LogP contribution >= 0.6 is 0 Å². The second kappa shape index (κ2) is 8.53. The number of benzene rings is 3. The summed E-state index contributed by atoms with van der Waals surface area (Å²) in [6.07, 6.45) is 1.55. The highest BCUT2D eigenvalue weighted by Crippen LogP contribution is 2.27. The van der Waals surface area contributed by atoms with Gasteiger partial charge in [-0.15, -0.1) is 0 Å². The van der Waals surface area contributed by atoms with Crippen LogP contribution < -0.4 is 15.4 Å². The number of amides is 2. The van der Waals surface area contributed by atoms with Gasteiger partial charge in [-0.25, -0.2) is 0 Å². The van der Waals surface area contributed by atoms with E-state index in [9.17, 15) is 9.59 Å². The van der Waals surface area contributed by atoms with Crippen LogP contribution in [0.25, 0.3) is 10.8 Å². The number of hydrogen-bond donors (Lipinski definition) is 2. The summed E-state index contributed by atoms with van der Waals surface area (Å²) in [7, 11) is 1.52. The first-order chi connectivity index (χ1) is 14.7. The van der Waals surface area contributed by atoms with Crippen molar-refractivity contribution in [3.63, 3.8) is 0 Å². The van der Waals surface area contributed by atoms with Crippen LogP contribution in [0.2, 0.25) is 0 Å². The molecule has 0 unspecified atom stereocenters. The highest BCUT2D eigenvalue weighted by molar-refractivity contribution is 6.11. The number of anilines is 1. The summed E-state index contributed by atoms with van der Waals surface area (Å²) in [5.74, 6) is 0.438. The molecule has 0 fully saturated rings. The summed E-state index contributed by atoms with van der Waals surface area (Å²) in [6.45, 7) is 0.257. The van der Waals surface area contributed by atoms with E-state index in [1.54, 1.807) is 48.7 Å². The maximum absolute atomic E-state index is 13.0. The van der Waals surface area contributed by atoms with Gasteiger partial charge in [-0.2, -0.15) is 0 Å². The zero-order valence-electron chi connectivity index (χ0n) is 16.3. The Morgan fingerprint density at radius 2 is 1.60 bits per heavy atom. The van der Waals surface area contributed by atoms with Gasteiger partial charge in [-0.05, 0) is 47.2 Å². The molecule has 4 aromatic rings. The van der Waals surface area contributed by atoms with Gasteiger partial charge in [0.25, 0.3) is 11.8 Å². The number of carbonyl (C=O) groups excluding carboxylic acids is 2. The molecule has 0 saturated carbocycles. The van der Waals surface area contributed by atoms with Gasteiger partial charge < -0.3 is 19.8 Å². The normalized spacial score (nSPS) is 10.6. The first-order valence-electron chi connectivity index (χ1n) is 9.43. The predicted octanol–water partition coefficient (Wildman–Crippen LogP) is 4.62. The van der Waals surface area contributed by atoms with Crippen LogP contribution in [0, 0.1) is 0 Å². The van der Waals surface area contributed by atoms with Crippen LogP contribution in [-0.2, 0) is 6.54 Å². The molecule has 3 aromatic carbocycles. The number of furan rings is 1. The summed E-state index contributed by atoms with van der Waals surface area (Å²) < 4.78 is 10.7. The minimum atomic E-state index is -0.358. The topological polar surface area (TPSA) is 80.6 Å². The lowest BCUT2D eigenvalue weighted by molar-refractivity contribution is 0.0949. The highest BCUT2D eigenvalue weighted by Gasteiger charge is 2.17. The highest BCUT2D eigenvalue weighted by atomic mass is 16.5. The van der Waals surface area contributed by atoms with Crippen LogP contribution in [0.15, 0.2) is 83.5 Å². The van der Waals surface area contributed by atoms with Crippen molar-refractivity contribution in [2.24, 2.45) is 0 Å². The molecule has 6 heteroatoms. The van der Waals surface area contributed by atoms with Crippen LogP contribution in [0.1, 0.15) is 26.5 Å². The lowest BCUT2D eigenvalue weighted by Gasteiger charge is -2.13. The van der Waals surface area contributed by atoms with Crippen molar-refractivity contribution in [1.82, 2.24) is 5.32 Å². The molecular weight excluding hydrogens is 380 g/mol. The van der Waals surface area contributed by atoms with Gasteiger partial charge in [0, 0.05) is 0 Å². The van der Waals surface area contributed by atoms with Crippen molar-refractivity contribution < 1.29 is 18.7 Å². The molecule has 0 atom stereocenters. The molecule has 0 aliphatic heterocycles. The quantitative estimate of drug-likeness (QED) is 0.495. The van der Waals surface area contributed by atoms with Crippen LogP contribution in [0.5, 0.6) is 5.75 Å². The Hall–Kier alpha value is -4.06. The number of fused-ring (bicyclic) bond motifs is 1. The van der Waals surface area contributed by atoms with Gasteiger partial charge in [0.2, 0.25) is 0 Å². The molecule has 2 N–H and O–H groups in total. The first-order valence-corrected chi connectivity index (χ1v) is 9.43. The molecule has 0 radical (unpaired) electrons. The van der Waals surface area contributed by atoms with Crippen molar-refractivity contribution in [1.29, 1.82) is 0 Å². The SMILES string of the molecule is COc1cc2ccccc2cc1C(=O)Nc1ccccc1C(=O)NCc1ccco1. The van der Waals surface area contributed by atoms with Crippen molar-refractivity contribution in [3.05, 3.63) is 95.9 Å². The smallest absolute Gasteiger partial charge is 0.259 e. The van der Waals surface area contributed by atoms with Crippen molar-refractivity contribution in [2.45, 2.75) is 6.54 Å². The predicted molar refractivity (Wildman–Crippen MR) is 115 cm³/mol. The average molecular weight is 400 g/mol. The molecular formula is C24H20N2O4. The Morgan fingerprint density at radius 3 is 2.33 bits per heavy atom. The van der Waals surface area contributed by atoms with Crippen molar-refractivity contribution in [3.8, 4) is 5.75 Å². The third kappa shape index (κ3) is 4.03. The Bertz CT molecular complexity index is 1200. The lowest BCUT2D eigenvalue weighted by atomic mass is 10.0. The fourth-order valence-corrected chi connectivity index (χ4v) is 3.22. The van der Waals surface area contributed by atoms with E-state index in [1.807, 2.05) is 30.3 Å². The molecule has 0 bridgehead atoms. The van der Waals surface area contributed by atoms with E-state index in [2.05, 4.69) is 10.6 Å². The van der Waals surface area contributed by atoms with Crippen LogP contribution in [-0.4, -0.2) is 18.9 Å². The number of ether oxygens (including phenoxy) is 1. The molecule has 2 amide bonds. The summed E-state index contributed by atoms with van der Waals surface area (Å²) >= 11 is 0. The van der Waals surface area contributed by atoms with E-state index in [4.69, 9.17) is 9.15 Å². The number of nitrogens with one attached hydrogen (secondary N) is 2. The lowest BCUT2D eigenvalue weighted by Crippen LogP contribution is -2.24. The zero-order chi connectivity index (χ0) is 20.9. The molecule has 1 heterocycles. The summed E-state index contributed by atoms with van der Waals surface area (Å²) in [5, 5.41) is 7.53. The molecule has 30 heavy (non-hydrogen) atoms. The fourth-order valence-electron chi connectivity index (χ4n) is 3.22. The van der Waals surface area contributed by atoms with Crippen LogP contribution in [0.3, 0.4) is 0 Å². The minimum absolute atomic E-state index is 0.257. The van der Waals surface area contributed by atoms with E-state index >= 15 is 0 Å². The third-order valence-electron chi connectivity index (χ3n) is 4.74. The van der Waals surface area contributed by atoms with E-state index in [1.165, 1.54) is 7.11 Å². The van der Waals surface area contributed by atoms with Crippen molar-refractivity contribution in [2.75, 3.05) is 12.4 Å². The summed E-state index contributed by atoms with van der Waals surface area (Å²) in [5.41, 5.74) is 1.16. The van der Waals surface area contributed by atoms with Gasteiger partial charge in [-0.3, -0.25) is 9.59 Å². The molecule has 0 aliphatic carbocycles. The van der Waals surface area contributed by atoms with Gasteiger partial charge in [0.1, 0.15) is 11.5 Å². The number of para-hydroxylation sites is 1. The van der Waals surface area contributed by atoms with Crippen molar-refractivity contribution >= 4 is 28.3 Å². The van der Waals surface area contributed by atoms with Gasteiger partial charge in [-0.1, -0.05) is 36.4 Å². The van der Waals surface area contributed by atoms with E-state index in [0.717, 1.165) is 10.8 Å². The number of hydrogen-bond acceptors (Lipinski definition) is 4. The van der Waals surface area contributed by atoms with Gasteiger partial charge in [0.15, 0.2) is 0 Å². The van der Waals surface area contributed by atoms with E-state index in [-0.39, 0.29) is 18.4 Å². The Kier molecular flexibility index (Phi) is 5.48.